The van der Waals surface area contributed by atoms with E-state index in [1.807, 2.05) is 0 Å². The molecule has 2 N–H and O–H groups in total. The monoisotopic (exact) mass is 465 g/mol. The Morgan fingerprint density at radius 2 is 2.09 bits per heavy atom. The molecular formula is C26H29F2N5O. The average Bonchev–Trinajstić information content (AvgIpc) is 3.59. The SMILES string of the molecule is Cc1c(-c2cc(F)ccc2F)nnc(N[C@H]2C[C@@H]3CN[C@@H](C[C@@H]4C[C@H]5CC[C@H]4O5)[C@H]3C2)c1C#N. The van der Waals surface area contributed by atoms with Gasteiger partial charge in [0.1, 0.15) is 29.0 Å². The zero-order valence-corrected chi connectivity index (χ0v) is 19.2. The van der Waals surface area contributed by atoms with Crippen LogP contribution in [0, 0.1) is 47.6 Å². The van der Waals surface area contributed by atoms with Gasteiger partial charge in [0.05, 0.1) is 12.2 Å². The summed E-state index contributed by atoms with van der Waals surface area (Å²) >= 11 is 0. The minimum atomic E-state index is -0.591. The molecule has 2 aromatic rings. The van der Waals surface area contributed by atoms with E-state index < -0.39 is 11.6 Å². The van der Waals surface area contributed by atoms with Gasteiger partial charge in [-0.2, -0.15) is 5.26 Å². The highest BCUT2D eigenvalue weighted by Gasteiger charge is 2.47. The number of aromatic nitrogens is 2. The number of benzene rings is 1. The number of halogens is 2. The Hall–Kier alpha value is -2.63. The molecule has 0 amide bonds. The summed E-state index contributed by atoms with van der Waals surface area (Å²) in [6, 6.07) is 6.15. The first-order valence-corrected chi connectivity index (χ1v) is 12.4. The van der Waals surface area contributed by atoms with Crippen LogP contribution in [0.2, 0.25) is 0 Å². The molecule has 34 heavy (non-hydrogen) atoms. The van der Waals surface area contributed by atoms with Crippen molar-refractivity contribution in [1.29, 1.82) is 5.26 Å². The average molecular weight is 466 g/mol. The standard InChI is InChI=1S/C26H29F2N5O/c1-13-21(11-29)26(33-32-25(13)20-9-16(27)2-4-22(20)28)31-17-6-15-12-30-23(19(15)10-17)8-14-7-18-3-5-24(14)34-18/h2,4,9,14-15,17-19,23-24,30H,3,5-8,10,12H2,1H3,(H,31,33)/t14-,15+,17-,18+,19-,23-,24+/m0/s1. The molecule has 6 rings (SSSR count). The Labute approximate surface area is 198 Å². The molecule has 1 aromatic heterocycles. The van der Waals surface area contributed by atoms with E-state index in [1.54, 1.807) is 6.92 Å². The van der Waals surface area contributed by atoms with Crippen LogP contribution in [-0.4, -0.2) is 41.0 Å². The predicted octanol–water partition coefficient (Wildman–Crippen LogP) is 4.34. The smallest absolute Gasteiger partial charge is 0.167 e. The van der Waals surface area contributed by atoms with Crippen LogP contribution in [0.1, 0.15) is 49.7 Å². The summed E-state index contributed by atoms with van der Waals surface area (Å²) in [7, 11) is 0. The van der Waals surface area contributed by atoms with Gasteiger partial charge in [0.2, 0.25) is 0 Å². The highest BCUT2D eigenvalue weighted by atomic mass is 19.1. The molecule has 3 aliphatic heterocycles. The van der Waals surface area contributed by atoms with Gasteiger partial charge in [-0.1, -0.05) is 0 Å². The molecule has 178 valence electrons. The van der Waals surface area contributed by atoms with Crippen molar-refractivity contribution in [2.24, 2.45) is 17.8 Å². The number of nitriles is 1. The summed E-state index contributed by atoms with van der Waals surface area (Å²) in [5, 5.41) is 25.5. The van der Waals surface area contributed by atoms with E-state index in [0.717, 1.165) is 37.6 Å². The van der Waals surface area contributed by atoms with Crippen molar-refractivity contribution < 1.29 is 13.5 Å². The predicted molar refractivity (Wildman–Crippen MR) is 123 cm³/mol. The normalized spacial score (nSPS) is 33.8. The molecule has 4 aliphatic rings. The molecule has 8 heteroatoms. The fourth-order valence-corrected chi connectivity index (χ4v) is 6.92. The van der Waals surface area contributed by atoms with Crippen molar-refractivity contribution in [3.63, 3.8) is 0 Å². The Morgan fingerprint density at radius 1 is 1.21 bits per heavy atom. The lowest BCUT2D eigenvalue weighted by atomic mass is 9.81. The van der Waals surface area contributed by atoms with Crippen molar-refractivity contribution in [2.45, 2.75) is 69.7 Å². The minimum absolute atomic E-state index is 0.0157. The summed E-state index contributed by atoms with van der Waals surface area (Å²) < 4.78 is 34.1. The molecular weight excluding hydrogens is 436 g/mol. The number of hydrogen-bond donors (Lipinski definition) is 2. The summed E-state index contributed by atoms with van der Waals surface area (Å²) in [6.45, 7) is 2.74. The first-order valence-electron chi connectivity index (χ1n) is 12.4. The van der Waals surface area contributed by atoms with Crippen LogP contribution in [0.25, 0.3) is 11.3 Å². The second-order valence-electron chi connectivity index (χ2n) is 10.5. The Kier molecular flexibility index (Phi) is 5.50. The van der Waals surface area contributed by atoms with Crippen molar-refractivity contribution in [2.75, 3.05) is 11.9 Å². The van der Waals surface area contributed by atoms with Gasteiger partial charge >= 0.3 is 0 Å². The fraction of sp³-hybridized carbons (Fsp3) is 0.577. The van der Waals surface area contributed by atoms with Gasteiger partial charge < -0.3 is 15.4 Å². The van der Waals surface area contributed by atoms with Crippen molar-refractivity contribution >= 4 is 5.82 Å². The van der Waals surface area contributed by atoms with E-state index in [9.17, 15) is 14.0 Å². The summed E-state index contributed by atoms with van der Waals surface area (Å²) in [4.78, 5) is 0. The van der Waals surface area contributed by atoms with E-state index in [-0.39, 0.29) is 17.3 Å². The number of nitrogens with one attached hydrogen (secondary N) is 2. The second-order valence-corrected chi connectivity index (χ2v) is 10.5. The van der Waals surface area contributed by atoms with Gasteiger partial charge in [-0.15, -0.1) is 10.2 Å². The number of hydrogen-bond acceptors (Lipinski definition) is 6. The molecule has 0 radical (unpaired) electrons. The highest BCUT2D eigenvalue weighted by Crippen LogP contribution is 2.46. The zero-order valence-electron chi connectivity index (χ0n) is 19.2. The van der Waals surface area contributed by atoms with Crippen molar-refractivity contribution in [3.8, 4) is 17.3 Å². The molecule has 4 fully saturated rings. The van der Waals surface area contributed by atoms with Crippen molar-refractivity contribution in [3.05, 3.63) is 41.0 Å². The molecule has 6 nitrogen and oxygen atoms in total. The van der Waals surface area contributed by atoms with Crippen LogP contribution in [-0.2, 0) is 4.74 Å². The maximum Gasteiger partial charge on any atom is 0.167 e. The molecule has 1 aromatic carbocycles. The van der Waals surface area contributed by atoms with Gasteiger partial charge in [0.15, 0.2) is 5.82 Å². The molecule has 2 bridgehead atoms. The van der Waals surface area contributed by atoms with Gasteiger partial charge in [-0.05, 0) is 93.5 Å². The molecule has 1 aliphatic carbocycles. The molecule has 3 saturated heterocycles. The van der Waals surface area contributed by atoms with E-state index in [1.165, 1.54) is 25.7 Å². The zero-order chi connectivity index (χ0) is 23.4. The van der Waals surface area contributed by atoms with Gasteiger partial charge in [-0.3, -0.25) is 0 Å². The molecule has 7 atom stereocenters. The number of fused-ring (bicyclic) bond motifs is 3. The lowest BCUT2D eigenvalue weighted by Crippen LogP contribution is -2.33. The quantitative estimate of drug-likeness (QED) is 0.684. The minimum Gasteiger partial charge on any atom is -0.375 e. The van der Waals surface area contributed by atoms with Gasteiger partial charge in [0, 0.05) is 17.6 Å². The van der Waals surface area contributed by atoms with E-state index >= 15 is 0 Å². The summed E-state index contributed by atoms with van der Waals surface area (Å²) in [6.07, 6.45) is 7.82. The largest absolute Gasteiger partial charge is 0.375 e. The van der Waals surface area contributed by atoms with Crippen LogP contribution in [0.4, 0.5) is 14.6 Å². The molecule has 4 heterocycles. The second kappa shape index (κ2) is 8.54. The number of anilines is 1. The Balaban J connectivity index is 1.17. The third kappa shape index (κ3) is 3.75. The summed E-state index contributed by atoms with van der Waals surface area (Å²) in [5.74, 6) is 1.18. The van der Waals surface area contributed by atoms with Crippen LogP contribution in [0.5, 0.6) is 0 Å². The first-order chi connectivity index (χ1) is 16.5. The lowest BCUT2D eigenvalue weighted by molar-refractivity contribution is 0.0887. The van der Waals surface area contributed by atoms with Crippen LogP contribution in [0.3, 0.4) is 0 Å². The number of nitrogens with zero attached hydrogens (tertiary/aromatic N) is 3. The van der Waals surface area contributed by atoms with Crippen LogP contribution >= 0.6 is 0 Å². The Morgan fingerprint density at radius 3 is 2.85 bits per heavy atom. The molecule has 0 unspecified atom stereocenters. The maximum absolute atomic E-state index is 14.3. The van der Waals surface area contributed by atoms with Crippen molar-refractivity contribution in [1.82, 2.24) is 15.5 Å². The number of rotatable bonds is 5. The van der Waals surface area contributed by atoms with Crippen LogP contribution < -0.4 is 10.6 Å². The van der Waals surface area contributed by atoms with E-state index in [4.69, 9.17) is 4.74 Å². The van der Waals surface area contributed by atoms with Crippen LogP contribution in [0.15, 0.2) is 18.2 Å². The first kappa shape index (κ1) is 21.9. The molecule has 0 spiro atoms. The maximum atomic E-state index is 14.3. The Bertz CT molecular complexity index is 1150. The lowest BCUT2D eigenvalue weighted by Gasteiger charge is -2.26. The third-order valence-electron chi connectivity index (χ3n) is 8.55. The summed E-state index contributed by atoms with van der Waals surface area (Å²) in [5.41, 5.74) is 1.04. The topological polar surface area (TPSA) is 82.9 Å². The third-order valence-corrected chi connectivity index (χ3v) is 8.55. The van der Waals surface area contributed by atoms with Gasteiger partial charge in [0.25, 0.3) is 0 Å². The number of ether oxygens (including phenoxy) is 1. The molecule has 1 saturated carbocycles. The fourth-order valence-electron chi connectivity index (χ4n) is 6.92. The highest BCUT2D eigenvalue weighted by molar-refractivity contribution is 5.70. The van der Waals surface area contributed by atoms with E-state index in [0.29, 0.717) is 52.9 Å². The van der Waals surface area contributed by atoms with Gasteiger partial charge in [-0.25, -0.2) is 8.78 Å². The van der Waals surface area contributed by atoms with E-state index in [2.05, 4.69) is 26.9 Å².